The second kappa shape index (κ2) is 4.84. The van der Waals surface area contributed by atoms with E-state index in [2.05, 4.69) is 28.8 Å². The van der Waals surface area contributed by atoms with Crippen molar-refractivity contribution in [2.75, 3.05) is 31.6 Å². The molecule has 1 unspecified atom stereocenters. The molecular formula is C11H20N4O. The SMILES string of the molecule is CCC1CN(c2nc(CN)co2)CCN1C. The molecule has 2 heterocycles. The van der Waals surface area contributed by atoms with Crippen molar-refractivity contribution in [3.05, 3.63) is 12.0 Å². The van der Waals surface area contributed by atoms with E-state index in [1.54, 1.807) is 6.26 Å². The van der Waals surface area contributed by atoms with Gasteiger partial charge < -0.3 is 15.1 Å². The summed E-state index contributed by atoms with van der Waals surface area (Å²) in [5.41, 5.74) is 6.34. The monoisotopic (exact) mass is 224 g/mol. The third kappa shape index (κ3) is 2.20. The molecule has 0 aliphatic carbocycles. The molecular weight excluding hydrogens is 204 g/mol. The van der Waals surface area contributed by atoms with Crippen LogP contribution in [0.4, 0.5) is 6.01 Å². The standard InChI is InChI=1S/C11H20N4O/c1-3-10-7-15(5-4-14(10)2)11-13-9(6-12)8-16-11/h8,10H,3-7,12H2,1-2H3. The van der Waals surface area contributed by atoms with Gasteiger partial charge in [-0.25, -0.2) is 0 Å². The van der Waals surface area contributed by atoms with Crippen LogP contribution in [-0.4, -0.2) is 42.6 Å². The van der Waals surface area contributed by atoms with Crippen LogP contribution in [0, 0.1) is 0 Å². The molecule has 0 saturated carbocycles. The average Bonchev–Trinajstić information content (AvgIpc) is 2.78. The van der Waals surface area contributed by atoms with Crippen LogP contribution in [0.2, 0.25) is 0 Å². The lowest BCUT2D eigenvalue weighted by Crippen LogP contribution is -2.51. The Hall–Kier alpha value is -1.07. The number of hydrogen-bond acceptors (Lipinski definition) is 5. The second-order valence-corrected chi connectivity index (χ2v) is 4.31. The molecule has 5 heteroatoms. The molecule has 90 valence electrons. The number of hydrogen-bond donors (Lipinski definition) is 1. The summed E-state index contributed by atoms with van der Waals surface area (Å²) in [4.78, 5) is 8.96. The van der Waals surface area contributed by atoms with Crippen LogP contribution in [0.3, 0.4) is 0 Å². The number of likely N-dealkylation sites (N-methyl/N-ethyl adjacent to an activating group) is 1. The third-order valence-corrected chi connectivity index (χ3v) is 3.27. The smallest absolute Gasteiger partial charge is 0.297 e. The van der Waals surface area contributed by atoms with E-state index in [0.717, 1.165) is 31.7 Å². The summed E-state index contributed by atoms with van der Waals surface area (Å²) in [6, 6.07) is 1.30. The predicted octanol–water partition coefficient (Wildman–Crippen LogP) is 0.664. The number of nitrogens with zero attached hydrogens (tertiary/aromatic N) is 3. The number of nitrogens with two attached hydrogens (primary N) is 1. The summed E-state index contributed by atoms with van der Waals surface area (Å²) >= 11 is 0. The van der Waals surface area contributed by atoms with Crippen molar-refractivity contribution < 1.29 is 4.42 Å². The topological polar surface area (TPSA) is 58.5 Å². The van der Waals surface area contributed by atoms with Gasteiger partial charge in [-0.15, -0.1) is 0 Å². The average molecular weight is 224 g/mol. The van der Waals surface area contributed by atoms with Crippen LogP contribution in [0.1, 0.15) is 19.0 Å². The molecule has 0 spiro atoms. The number of aromatic nitrogens is 1. The molecule has 0 amide bonds. The maximum atomic E-state index is 5.52. The minimum absolute atomic E-state index is 0.439. The maximum absolute atomic E-state index is 5.52. The highest BCUT2D eigenvalue weighted by Gasteiger charge is 2.25. The molecule has 2 rings (SSSR count). The van der Waals surface area contributed by atoms with E-state index in [-0.39, 0.29) is 0 Å². The normalized spacial score (nSPS) is 22.7. The molecule has 1 aromatic rings. The Morgan fingerprint density at radius 3 is 3.00 bits per heavy atom. The van der Waals surface area contributed by atoms with E-state index in [1.807, 2.05) is 0 Å². The molecule has 1 aromatic heterocycles. The Bertz CT molecular complexity index is 338. The Labute approximate surface area is 96.2 Å². The van der Waals surface area contributed by atoms with Gasteiger partial charge >= 0.3 is 0 Å². The molecule has 1 aliphatic rings. The zero-order valence-electron chi connectivity index (χ0n) is 10.0. The lowest BCUT2D eigenvalue weighted by molar-refractivity contribution is 0.209. The number of piperazine rings is 1. The molecule has 0 aromatic carbocycles. The highest BCUT2D eigenvalue weighted by Crippen LogP contribution is 2.18. The van der Waals surface area contributed by atoms with Gasteiger partial charge in [-0.05, 0) is 13.5 Å². The molecule has 1 fully saturated rings. The summed E-state index contributed by atoms with van der Waals surface area (Å²) in [5, 5.41) is 0. The Morgan fingerprint density at radius 2 is 2.38 bits per heavy atom. The van der Waals surface area contributed by atoms with Crippen molar-refractivity contribution in [1.29, 1.82) is 0 Å². The molecule has 1 aliphatic heterocycles. The van der Waals surface area contributed by atoms with Gasteiger partial charge in [-0.1, -0.05) is 6.92 Å². The molecule has 0 radical (unpaired) electrons. The predicted molar refractivity (Wildman–Crippen MR) is 63.3 cm³/mol. The van der Waals surface area contributed by atoms with Crippen LogP contribution in [0.25, 0.3) is 0 Å². The van der Waals surface area contributed by atoms with Gasteiger partial charge in [0.2, 0.25) is 0 Å². The lowest BCUT2D eigenvalue weighted by atomic mass is 10.1. The summed E-state index contributed by atoms with van der Waals surface area (Å²) < 4.78 is 5.44. The van der Waals surface area contributed by atoms with Crippen LogP contribution in [0.15, 0.2) is 10.7 Å². The number of anilines is 1. The van der Waals surface area contributed by atoms with Crippen molar-refractivity contribution in [2.45, 2.75) is 25.9 Å². The fourth-order valence-electron chi connectivity index (χ4n) is 2.10. The minimum atomic E-state index is 0.439. The second-order valence-electron chi connectivity index (χ2n) is 4.31. The van der Waals surface area contributed by atoms with Gasteiger partial charge in [0.25, 0.3) is 6.01 Å². The van der Waals surface area contributed by atoms with E-state index < -0.39 is 0 Å². The van der Waals surface area contributed by atoms with Gasteiger partial charge in [0.15, 0.2) is 0 Å². The van der Waals surface area contributed by atoms with Gasteiger partial charge in [0, 0.05) is 32.2 Å². The molecule has 1 atom stereocenters. The van der Waals surface area contributed by atoms with Crippen molar-refractivity contribution >= 4 is 6.01 Å². The summed E-state index contributed by atoms with van der Waals surface area (Å²) in [6.45, 7) is 5.66. The van der Waals surface area contributed by atoms with Crippen LogP contribution < -0.4 is 10.6 Å². The van der Waals surface area contributed by atoms with E-state index in [4.69, 9.17) is 10.2 Å². The molecule has 16 heavy (non-hydrogen) atoms. The lowest BCUT2D eigenvalue weighted by Gasteiger charge is -2.38. The van der Waals surface area contributed by atoms with Gasteiger partial charge in [0.1, 0.15) is 6.26 Å². The van der Waals surface area contributed by atoms with Gasteiger partial charge in [-0.3, -0.25) is 4.90 Å². The quantitative estimate of drug-likeness (QED) is 0.817. The molecule has 5 nitrogen and oxygen atoms in total. The summed E-state index contributed by atoms with van der Waals surface area (Å²) in [5.74, 6) is 0. The third-order valence-electron chi connectivity index (χ3n) is 3.27. The fourth-order valence-corrected chi connectivity index (χ4v) is 2.10. The Balaban J connectivity index is 2.05. The first-order chi connectivity index (χ1) is 7.74. The fraction of sp³-hybridized carbons (Fsp3) is 0.727. The van der Waals surface area contributed by atoms with Gasteiger partial charge in [-0.2, -0.15) is 4.98 Å². The minimum Gasteiger partial charge on any atom is -0.432 e. The van der Waals surface area contributed by atoms with Crippen molar-refractivity contribution in [3.63, 3.8) is 0 Å². The highest BCUT2D eigenvalue weighted by atomic mass is 16.4. The summed E-state index contributed by atoms with van der Waals surface area (Å²) in [6.07, 6.45) is 2.80. The van der Waals surface area contributed by atoms with Crippen LogP contribution in [-0.2, 0) is 6.54 Å². The van der Waals surface area contributed by atoms with E-state index in [1.165, 1.54) is 0 Å². The summed E-state index contributed by atoms with van der Waals surface area (Å²) in [7, 11) is 2.17. The van der Waals surface area contributed by atoms with Crippen LogP contribution >= 0.6 is 0 Å². The van der Waals surface area contributed by atoms with Gasteiger partial charge in [0.05, 0.1) is 5.69 Å². The Kier molecular flexibility index (Phi) is 3.46. The number of rotatable bonds is 3. The first-order valence-corrected chi connectivity index (χ1v) is 5.84. The highest BCUT2D eigenvalue weighted by molar-refractivity contribution is 5.28. The molecule has 2 N–H and O–H groups in total. The largest absolute Gasteiger partial charge is 0.432 e. The van der Waals surface area contributed by atoms with E-state index in [0.29, 0.717) is 18.6 Å². The number of oxazole rings is 1. The van der Waals surface area contributed by atoms with Crippen LogP contribution in [0.5, 0.6) is 0 Å². The van der Waals surface area contributed by atoms with E-state index in [9.17, 15) is 0 Å². The van der Waals surface area contributed by atoms with E-state index >= 15 is 0 Å². The van der Waals surface area contributed by atoms with Crippen molar-refractivity contribution in [2.24, 2.45) is 5.73 Å². The van der Waals surface area contributed by atoms with Crippen molar-refractivity contribution in [3.8, 4) is 0 Å². The zero-order chi connectivity index (χ0) is 11.5. The Morgan fingerprint density at radius 1 is 1.56 bits per heavy atom. The maximum Gasteiger partial charge on any atom is 0.297 e. The molecule has 0 bridgehead atoms. The molecule has 1 saturated heterocycles. The zero-order valence-corrected chi connectivity index (χ0v) is 10.0. The first-order valence-electron chi connectivity index (χ1n) is 5.84. The first kappa shape index (κ1) is 11.4. The van der Waals surface area contributed by atoms with Crippen molar-refractivity contribution in [1.82, 2.24) is 9.88 Å².